The van der Waals surface area contributed by atoms with E-state index < -0.39 is 17.5 Å². The highest BCUT2D eigenvalue weighted by Gasteiger charge is 2.37. The van der Waals surface area contributed by atoms with E-state index in [2.05, 4.69) is 0 Å². The van der Waals surface area contributed by atoms with Gasteiger partial charge in [0.2, 0.25) is 0 Å². The number of ether oxygens (including phenoxy) is 1. The number of hydrogen-bond donors (Lipinski definition) is 2. The summed E-state index contributed by atoms with van der Waals surface area (Å²) in [6.07, 6.45) is 0.361. The average Bonchev–Trinajstić information content (AvgIpc) is 2.29. The van der Waals surface area contributed by atoms with Crippen molar-refractivity contribution in [3.63, 3.8) is 0 Å². The van der Waals surface area contributed by atoms with Crippen LogP contribution in [-0.2, 0) is 10.4 Å². The molecule has 17 heavy (non-hydrogen) atoms. The van der Waals surface area contributed by atoms with E-state index in [9.17, 15) is 9.90 Å². The Kier molecular flexibility index (Phi) is 4.12. The first kappa shape index (κ1) is 13.5. The predicted octanol–water partition coefficient (Wildman–Crippen LogP) is 2.01. The molecule has 94 valence electrons. The van der Waals surface area contributed by atoms with Crippen LogP contribution in [0.5, 0.6) is 5.75 Å². The minimum atomic E-state index is -1.41. The van der Waals surface area contributed by atoms with Crippen molar-refractivity contribution < 1.29 is 19.7 Å². The minimum Gasteiger partial charge on any atom is -0.497 e. The van der Waals surface area contributed by atoms with Crippen LogP contribution in [0.25, 0.3) is 0 Å². The van der Waals surface area contributed by atoms with E-state index >= 15 is 0 Å². The van der Waals surface area contributed by atoms with Gasteiger partial charge in [-0.15, -0.1) is 0 Å². The molecule has 0 aliphatic carbocycles. The molecule has 2 unspecified atom stereocenters. The Morgan fingerprint density at radius 3 is 2.65 bits per heavy atom. The Morgan fingerprint density at radius 1 is 1.53 bits per heavy atom. The second-order valence-electron chi connectivity index (χ2n) is 4.18. The maximum absolute atomic E-state index is 11.1. The normalized spacial score (nSPS) is 16.0. The van der Waals surface area contributed by atoms with Crippen LogP contribution in [0.2, 0.25) is 0 Å². The van der Waals surface area contributed by atoms with Gasteiger partial charge in [0, 0.05) is 0 Å². The van der Waals surface area contributed by atoms with E-state index in [4.69, 9.17) is 9.84 Å². The van der Waals surface area contributed by atoms with E-state index in [1.54, 1.807) is 31.2 Å². The van der Waals surface area contributed by atoms with E-state index in [-0.39, 0.29) is 0 Å². The Hall–Kier alpha value is -1.55. The van der Waals surface area contributed by atoms with Crippen LogP contribution in [0.15, 0.2) is 24.3 Å². The fourth-order valence-electron chi connectivity index (χ4n) is 1.95. The van der Waals surface area contributed by atoms with Crippen LogP contribution in [0.4, 0.5) is 0 Å². The lowest BCUT2D eigenvalue weighted by Crippen LogP contribution is -2.36. The molecule has 4 nitrogen and oxygen atoms in total. The maximum atomic E-state index is 11.1. The van der Waals surface area contributed by atoms with Crippen LogP contribution in [0, 0.1) is 5.92 Å². The van der Waals surface area contributed by atoms with Crippen molar-refractivity contribution in [2.24, 2.45) is 5.92 Å². The molecular weight excluding hydrogens is 220 g/mol. The summed E-state index contributed by atoms with van der Waals surface area (Å²) >= 11 is 0. The lowest BCUT2D eigenvalue weighted by molar-refractivity contribution is -0.152. The van der Waals surface area contributed by atoms with Crippen molar-refractivity contribution in [2.45, 2.75) is 25.9 Å². The number of hydrogen-bond acceptors (Lipinski definition) is 3. The maximum Gasteiger partial charge on any atom is 0.309 e. The molecule has 0 aliphatic rings. The van der Waals surface area contributed by atoms with Gasteiger partial charge in [-0.05, 0) is 31.0 Å². The smallest absolute Gasteiger partial charge is 0.309 e. The Bertz CT molecular complexity index is 398. The van der Waals surface area contributed by atoms with Gasteiger partial charge in [-0.25, -0.2) is 0 Å². The van der Waals surface area contributed by atoms with Crippen molar-refractivity contribution in [3.8, 4) is 5.75 Å². The molecule has 0 saturated heterocycles. The van der Waals surface area contributed by atoms with Crippen LogP contribution < -0.4 is 4.74 Å². The number of carboxylic acids is 1. The molecule has 2 atom stereocenters. The molecule has 0 spiro atoms. The summed E-state index contributed by atoms with van der Waals surface area (Å²) < 4.78 is 5.07. The van der Waals surface area contributed by atoms with E-state index in [1.807, 2.05) is 0 Å². The Balaban J connectivity index is 3.14. The summed E-state index contributed by atoms with van der Waals surface area (Å²) in [5.41, 5.74) is -0.860. The van der Waals surface area contributed by atoms with Crippen molar-refractivity contribution in [2.75, 3.05) is 7.11 Å². The zero-order valence-corrected chi connectivity index (χ0v) is 10.3. The summed E-state index contributed by atoms with van der Waals surface area (Å²) in [5, 5.41) is 19.5. The van der Waals surface area contributed by atoms with Crippen LogP contribution >= 0.6 is 0 Å². The molecule has 0 aliphatic heterocycles. The Labute approximate surface area is 101 Å². The van der Waals surface area contributed by atoms with E-state index in [0.29, 0.717) is 17.7 Å². The van der Waals surface area contributed by atoms with E-state index in [1.165, 1.54) is 14.0 Å². The predicted molar refractivity (Wildman–Crippen MR) is 64.0 cm³/mol. The monoisotopic (exact) mass is 238 g/mol. The molecule has 4 heteroatoms. The summed E-state index contributed by atoms with van der Waals surface area (Å²) in [6.45, 7) is 3.26. The van der Waals surface area contributed by atoms with Crippen molar-refractivity contribution in [1.82, 2.24) is 0 Å². The topological polar surface area (TPSA) is 66.8 Å². The molecule has 2 N–H and O–H groups in total. The summed E-state index contributed by atoms with van der Waals surface area (Å²) in [7, 11) is 1.53. The average molecular weight is 238 g/mol. The molecule has 0 bridgehead atoms. The highest BCUT2D eigenvalue weighted by Crippen LogP contribution is 2.33. The Morgan fingerprint density at radius 2 is 2.18 bits per heavy atom. The van der Waals surface area contributed by atoms with Crippen LogP contribution in [0.3, 0.4) is 0 Å². The third-order valence-corrected chi connectivity index (χ3v) is 3.04. The molecular formula is C13H18O4. The van der Waals surface area contributed by atoms with Crippen molar-refractivity contribution in [1.29, 1.82) is 0 Å². The van der Waals surface area contributed by atoms with Crippen molar-refractivity contribution >= 4 is 5.97 Å². The zero-order chi connectivity index (χ0) is 13.1. The highest BCUT2D eigenvalue weighted by molar-refractivity contribution is 5.71. The summed E-state index contributed by atoms with van der Waals surface area (Å²) in [5.74, 6) is -1.24. The highest BCUT2D eigenvalue weighted by atomic mass is 16.5. The number of aliphatic hydroxyl groups is 1. The first-order valence-electron chi connectivity index (χ1n) is 5.53. The molecule has 1 aromatic carbocycles. The molecule has 0 radical (unpaired) electrons. The number of aliphatic carboxylic acids is 1. The number of carboxylic acid groups (broad SMARTS) is 1. The molecule has 0 heterocycles. The van der Waals surface area contributed by atoms with Gasteiger partial charge in [0.05, 0.1) is 13.0 Å². The van der Waals surface area contributed by atoms with Crippen molar-refractivity contribution in [3.05, 3.63) is 29.8 Å². The number of benzene rings is 1. The third kappa shape index (κ3) is 2.77. The molecule has 0 aromatic heterocycles. The SMILES string of the molecule is CCC(C(=O)O)C(C)(O)c1cccc(OC)c1. The van der Waals surface area contributed by atoms with Gasteiger partial charge in [0.1, 0.15) is 11.4 Å². The quantitative estimate of drug-likeness (QED) is 0.823. The second kappa shape index (κ2) is 5.19. The molecule has 1 rings (SSSR count). The fraction of sp³-hybridized carbons (Fsp3) is 0.462. The first-order chi connectivity index (χ1) is 7.93. The van der Waals surface area contributed by atoms with Gasteiger partial charge >= 0.3 is 5.97 Å². The number of carbonyl (C=O) groups is 1. The molecule has 0 saturated carbocycles. The van der Waals surface area contributed by atoms with Gasteiger partial charge in [-0.1, -0.05) is 19.1 Å². The van der Waals surface area contributed by atoms with Gasteiger partial charge in [-0.3, -0.25) is 4.79 Å². The van der Waals surface area contributed by atoms with Crippen LogP contribution in [0.1, 0.15) is 25.8 Å². The third-order valence-electron chi connectivity index (χ3n) is 3.04. The zero-order valence-electron chi connectivity index (χ0n) is 10.3. The van der Waals surface area contributed by atoms with E-state index in [0.717, 1.165) is 0 Å². The summed E-state index contributed by atoms with van der Waals surface area (Å²) in [4.78, 5) is 11.1. The molecule has 0 fully saturated rings. The number of rotatable bonds is 5. The minimum absolute atomic E-state index is 0.361. The van der Waals surface area contributed by atoms with Gasteiger partial charge in [0.25, 0.3) is 0 Å². The fourth-order valence-corrected chi connectivity index (χ4v) is 1.95. The lowest BCUT2D eigenvalue weighted by atomic mass is 9.81. The molecule has 1 aromatic rings. The first-order valence-corrected chi connectivity index (χ1v) is 5.53. The molecule has 0 amide bonds. The number of methoxy groups -OCH3 is 1. The van der Waals surface area contributed by atoms with Gasteiger partial charge in [0.15, 0.2) is 0 Å². The van der Waals surface area contributed by atoms with Gasteiger partial charge < -0.3 is 14.9 Å². The lowest BCUT2D eigenvalue weighted by Gasteiger charge is -2.30. The standard InChI is InChI=1S/C13H18O4/c1-4-11(12(14)15)13(2,16)9-6-5-7-10(8-9)17-3/h5-8,11,16H,4H2,1-3H3,(H,14,15). The summed E-state index contributed by atoms with van der Waals surface area (Å²) in [6, 6.07) is 6.85. The largest absolute Gasteiger partial charge is 0.497 e. The second-order valence-corrected chi connectivity index (χ2v) is 4.18. The van der Waals surface area contributed by atoms with Crippen LogP contribution in [-0.4, -0.2) is 23.3 Å². The van der Waals surface area contributed by atoms with Gasteiger partial charge in [-0.2, -0.15) is 0 Å².